The summed E-state index contributed by atoms with van der Waals surface area (Å²) in [4.78, 5) is 47.9. The molecule has 1 fully saturated rings. The molecule has 0 aliphatic carbocycles. The summed E-state index contributed by atoms with van der Waals surface area (Å²) in [5.74, 6) is -0.486. The van der Waals surface area contributed by atoms with Gasteiger partial charge in [-0.2, -0.15) is 0 Å². The third-order valence-corrected chi connectivity index (χ3v) is 7.47. The number of unbranched alkanes of at least 4 members (excludes halogenated alkanes) is 4. The van der Waals surface area contributed by atoms with Gasteiger partial charge < -0.3 is 20.6 Å². The van der Waals surface area contributed by atoms with E-state index in [1.165, 1.54) is 5.56 Å². The van der Waals surface area contributed by atoms with Gasteiger partial charge in [-0.1, -0.05) is 31.7 Å². The number of nitrogens with zero attached hydrogens (tertiary/aromatic N) is 3. The van der Waals surface area contributed by atoms with E-state index in [2.05, 4.69) is 27.8 Å². The number of hydrogen-bond donors (Lipinski definition) is 3. The molecule has 3 N–H and O–H groups in total. The van der Waals surface area contributed by atoms with Crippen LogP contribution in [-0.2, 0) is 33.6 Å². The van der Waals surface area contributed by atoms with Crippen LogP contribution in [0.15, 0.2) is 36.7 Å². The summed E-state index contributed by atoms with van der Waals surface area (Å²) in [5, 5.41) is 15.8. The number of rotatable bonds is 13. The van der Waals surface area contributed by atoms with Crippen molar-refractivity contribution in [2.45, 2.75) is 89.1 Å². The average Bonchev–Trinajstić information content (AvgIpc) is 3.43. The van der Waals surface area contributed by atoms with Gasteiger partial charge in [-0.25, -0.2) is 9.78 Å². The fourth-order valence-corrected chi connectivity index (χ4v) is 5.33. The Kier molecular flexibility index (Phi) is 10.1. The number of aryl methyl sites for hydroxylation is 2. The van der Waals surface area contributed by atoms with Gasteiger partial charge in [-0.3, -0.25) is 14.6 Å². The van der Waals surface area contributed by atoms with Crippen molar-refractivity contribution in [2.24, 2.45) is 0 Å². The number of likely N-dealkylation sites (tertiary alicyclic amines) is 1. The van der Waals surface area contributed by atoms with Crippen molar-refractivity contribution in [2.75, 3.05) is 18.4 Å². The molecule has 2 aromatic rings. The standard InChI is InChI=1S/C29H39N5O4/c35-26(20-21-14-17-30-18-15-21)34-19-7-11-25(34)28(36)33-24(29(37)38)10-5-3-1-2-4-9-23-13-12-22-8-6-16-31-27(22)32-23/h12-15,17-18,24-25H,1-11,16,19-20H2,(H,31,32)(H,33,36)(H,37,38)/t24?,25-/m0/s1. The second-order valence-corrected chi connectivity index (χ2v) is 10.3. The highest BCUT2D eigenvalue weighted by atomic mass is 16.4. The molecule has 0 radical (unpaired) electrons. The maximum Gasteiger partial charge on any atom is 0.326 e. The van der Waals surface area contributed by atoms with Gasteiger partial charge >= 0.3 is 5.97 Å². The van der Waals surface area contributed by atoms with Crippen LogP contribution in [0.25, 0.3) is 0 Å². The molecule has 204 valence electrons. The van der Waals surface area contributed by atoms with Crippen molar-refractivity contribution in [3.05, 3.63) is 53.5 Å². The van der Waals surface area contributed by atoms with E-state index in [0.717, 1.165) is 81.4 Å². The van der Waals surface area contributed by atoms with E-state index in [9.17, 15) is 19.5 Å². The Morgan fingerprint density at radius 2 is 1.84 bits per heavy atom. The molecule has 2 aromatic heterocycles. The number of fused-ring (bicyclic) bond motifs is 1. The lowest BCUT2D eigenvalue weighted by molar-refractivity contribution is -0.144. The Labute approximate surface area is 224 Å². The molecule has 2 amide bonds. The molecule has 9 heteroatoms. The molecule has 2 atom stereocenters. The molecule has 0 spiro atoms. The molecule has 0 saturated carbocycles. The van der Waals surface area contributed by atoms with Gasteiger partial charge in [0.2, 0.25) is 11.8 Å². The predicted molar refractivity (Wildman–Crippen MR) is 145 cm³/mol. The van der Waals surface area contributed by atoms with Crippen LogP contribution in [0.4, 0.5) is 5.82 Å². The predicted octanol–water partition coefficient (Wildman–Crippen LogP) is 3.52. The lowest BCUT2D eigenvalue weighted by Crippen LogP contribution is -2.51. The van der Waals surface area contributed by atoms with Crippen molar-refractivity contribution in [1.29, 1.82) is 0 Å². The zero-order valence-electron chi connectivity index (χ0n) is 22.0. The van der Waals surface area contributed by atoms with Gasteiger partial charge in [-0.15, -0.1) is 0 Å². The average molecular weight is 522 g/mol. The maximum atomic E-state index is 12.9. The van der Waals surface area contributed by atoms with E-state index >= 15 is 0 Å². The first-order chi connectivity index (χ1) is 18.5. The lowest BCUT2D eigenvalue weighted by Gasteiger charge is -2.25. The number of nitrogens with one attached hydrogen (secondary N) is 2. The van der Waals surface area contributed by atoms with Crippen molar-refractivity contribution in [3.63, 3.8) is 0 Å². The first-order valence-electron chi connectivity index (χ1n) is 14.0. The van der Waals surface area contributed by atoms with E-state index in [4.69, 9.17) is 4.98 Å². The number of aromatic nitrogens is 2. The Balaban J connectivity index is 1.15. The Morgan fingerprint density at radius 3 is 2.66 bits per heavy atom. The van der Waals surface area contributed by atoms with E-state index in [-0.39, 0.29) is 18.2 Å². The SMILES string of the molecule is O=C(O)C(CCCCCCCc1ccc2c(n1)NCCC2)NC(=O)[C@@H]1CCCN1C(=O)Cc1ccncc1. The van der Waals surface area contributed by atoms with Gasteiger partial charge in [0.25, 0.3) is 0 Å². The zero-order valence-corrected chi connectivity index (χ0v) is 22.0. The fraction of sp³-hybridized carbons (Fsp3) is 0.552. The number of carboxylic acid groups (broad SMARTS) is 1. The largest absolute Gasteiger partial charge is 0.480 e. The minimum Gasteiger partial charge on any atom is -0.480 e. The highest BCUT2D eigenvalue weighted by molar-refractivity contribution is 5.91. The van der Waals surface area contributed by atoms with E-state index < -0.39 is 18.1 Å². The minimum absolute atomic E-state index is 0.123. The molecule has 1 unspecified atom stereocenters. The summed E-state index contributed by atoms with van der Waals surface area (Å²) in [7, 11) is 0. The van der Waals surface area contributed by atoms with Crippen LogP contribution in [0.3, 0.4) is 0 Å². The van der Waals surface area contributed by atoms with Gasteiger partial charge in [0, 0.05) is 31.2 Å². The summed E-state index contributed by atoms with van der Waals surface area (Å²) in [6.45, 7) is 1.50. The van der Waals surface area contributed by atoms with Gasteiger partial charge in [0.15, 0.2) is 0 Å². The van der Waals surface area contributed by atoms with Crippen LogP contribution in [0.1, 0.15) is 74.6 Å². The first kappa shape index (κ1) is 27.5. The third kappa shape index (κ3) is 7.76. The van der Waals surface area contributed by atoms with Crippen LogP contribution < -0.4 is 10.6 Å². The Morgan fingerprint density at radius 1 is 1.05 bits per heavy atom. The van der Waals surface area contributed by atoms with E-state index in [1.807, 2.05) is 0 Å². The quantitative estimate of drug-likeness (QED) is 0.345. The number of pyridine rings is 2. The van der Waals surface area contributed by atoms with Gasteiger partial charge in [0.05, 0.1) is 6.42 Å². The molecule has 2 aliphatic heterocycles. The number of amides is 2. The normalized spacial score (nSPS) is 17.4. The lowest BCUT2D eigenvalue weighted by atomic mass is 10.0. The van der Waals surface area contributed by atoms with Crippen LogP contribution in [-0.4, -0.2) is 62.9 Å². The second kappa shape index (κ2) is 13.9. The third-order valence-electron chi connectivity index (χ3n) is 7.47. The first-order valence-corrected chi connectivity index (χ1v) is 14.0. The van der Waals surface area contributed by atoms with Crippen molar-refractivity contribution >= 4 is 23.6 Å². The Bertz CT molecular complexity index is 1090. The molecule has 4 heterocycles. The second-order valence-electron chi connectivity index (χ2n) is 10.3. The summed E-state index contributed by atoms with van der Waals surface area (Å²) < 4.78 is 0. The Hall–Kier alpha value is -3.49. The number of hydrogen-bond acceptors (Lipinski definition) is 6. The smallest absolute Gasteiger partial charge is 0.326 e. The molecule has 0 bridgehead atoms. The highest BCUT2D eigenvalue weighted by Crippen LogP contribution is 2.21. The fourth-order valence-electron chi connectivity index (χ4n) is 5.33. The number of aliphatic carboxylic acids is 1. The van der Waals surface area contributed by atoms with Crippen molar-refractivity contribution < 1.29 is 19.5 Å². The van der Waals surface area contributed by atoms with Gasteiger partial charge in [-0.05, 0) is 74.3 Å². The number of carbonyl (C=O) groups is 3. The number of carbonyl (C=O) groups excluding carboxylic acids is 2. The van der Waals surface area contributed by atoms with Crippen LogP contribution in [0, 0.1) is 0 Å². The number of carboxylic acids is 1. The molecule has 1 saturated heterocycles. The molecule has 0 aromatic carbocycles. The van der Waals surface area contributed by atoms with Gasteiger partial charge in [0.1, 0.15) is 17.9 Å². The van der Waals surface area contributed by atoms with Crippen molar-refractivity contribution in [1.82, 2.24) is 20.2 Å². The monoisotopic (exact) mass is 521 g/mol. The van der Waals surface area contributed by atoms with Crippen LogP contribution in [0.5, 0.6) is 0 Å². The van der Waals surface area contributed by atoms with Crippen LogP contribution >= 0.6 is 0 Å². The summed E-state index contributed by atoms with van der Waals surface area (Å²) >= 11 is 0. The van der Waals surface area contributed by atoms with Crippen LogP contribution in [0.2, 0.25) is 0 Å². The molecule has 38 heavy (non-hydrogen) atoms. The van der Waals surface area contributed by atoms with E-state index in [1.54, 1.807) is 29.4 Å². The molecular weight excluding hydrogens is 482 g/mol. The molecular formula is C29H39N5O4. The number of anilines is 1. The summed E-state index contributed by atoms with van der Waals surface area (Å²) in [6, 6.07) is 6.33. The molecule has 9 nitrogen and oxygen atoms in total. The maximum absolute atomic E-state index is 12.9. The minimum atomic E-state index is -1.03. The summed E-state index contributed by atoms with van der Waals surface area (Å²) in [5.41, 5.74) is 3.26. The highest BCUT2D eigenvalue weighted by Gasteiger charge is 2.35. The van der Waals surface area contributed by atoms with Crippen molar-refractivity contribution in [3.8, 4) is 0 Å². The molecule has 2 aliphatic rings. The zero-order chi connectivity index (χ0) is 26.7. The summed E-state index contributed by atoms with van der Waals surface area (Å²) in [6.07, 6.45) is 13.1. The van der Waals surface area contributed by atoms with E-state index in [0.29, 0.717) is 19.4 Å². The topological polar surface area (TPSA) is 125 Å². The molecule has 4 rings (SSSR count).